The van der Waals surface area contributed by atoms with Gasteiger partial charge in [0.15, 0.2) is 11.5 Å². The third-order valence-corrected chi connectivity index (χ3v) is 4.81. The number of rotatable bonds is 10. The molecule has 172 valence electrons. The van der Waals surface area contributed by atoms with Crippen LogP contribution in [0.15, 0.2) is 72.8 Å². The highest BCUT2D eigenvalue weighted by molar-refractivity contribution is 5.85. The van der Waals surface area contributed by atoms with Gasteiger partial charge in [-0.1, -0.05) is 47.6 Å². The average molecular weight is 470 g/mol. The van der Waals surface area contributed by atoms with Crippen molar-refractivity contribution in [3.05, 3.63) is 89.7 Å². The Kier molecular flexibility index (Phi) is 8.74. The molecule has 1 heterocycles. The average Bonchev–Trinajstić information content (AvgIpc) is 3.28. The van der Waals surface area contributed by atoms with Crippen LogP contribution < -0.4 is 14.8 Å². The SMILES string of the molecule is CCOc1cc(CNCCc2ccccc2F)ccc1Oc1nnnn1-c1ccccc1.Cl. The van der Waals surface area contributed by atoms with E-state index in [1.165, 1.54) is 10.7 Å². The minimum absolute atomic E-state index is 0. The van der Waals surface area contributed by atoms with E-state index in [1.54, 1.807) is 12.1 Å². The monoisotopic (exact) mass is 469 g/mol. The normalized spacial score (nSPS) is 10.5. The molecule has 1 aromatic heterocycles. The largest absolute Gasteiger partial charge is 0.490 e. The van der Waals surface area contributed by atoms with Crippen LogP contribution in [0.1, 0.15) is 18.1 Å². The summed E-state index contributed by atoms with van der Waals surface area (Å²) in [6.45, 7) is 3.69. The first-order chi connectivity index (χ1) is 15.7. The van der Waals surface area contributed by atoms with E-state index in [2.05, 4.69) is 20.8 Å². The Bertz CT molecular complexity index is 1160. The lowest BCUT2D eigenvalue weighted by molar-refractivity contribution is 0.315. The van der Waals surface area contributed by atoms with Crippen molar-refractivity contribution < 1.29 is 13.9 Å². The van der Waals surface area contributed by atoms with E-state index < -0.39 is 0 Å². The van der Waals surface area contributed by atoms with Crippen molar-refractivity contribution in [1.82, 2.24) is 25.5 Å². The smallest absolute Gasteiger partial charge is 0.346 e. The van der Waals surface area contributed by atoms with E-state index >= 15 is 0 Å². The summed E-state index contributed by atoms with van der Waals surface area (Å²) in [5.41, 5.74) is 2.52. The Morgan fingerprint density at radius 3 is 2.55 bits per heavy atom. The molecule has 0 aliphatic heterocycles. The second-order valence-corrected chi connectivity index (χ2v) is 7.04. The predicted octanol–water partition coefficient (Wildman–Crippen LogP) is 4.75. The number of hydrogen-bond acceptors (Lipinski definition) is 6. The van der Waals surface area contributed by atoms with Gasteiger partial charge in [0.2, 0.25) is 0 Å². The van der Waals surface area contributed by atoms with Gasteiger partial charge in [-0.25, -0.2) is 4.39 Å². The molecule has 7 nitrogen and oxygen atoms in total. The molecule has 0 saturated heterocycles. The summed E-state index contributed by atoms with van der Waals surface area (Å²) in [6, 6.07) is 22.3. The molecule has 3 aromatic carbocycles. The minimum atomic E-state index is -0.174. The summed E-state index contributed by atoms with van der Waals surface area (Å²) in [7, 11) is 0. The molecule has 0 saturated carbocycles. The molecule has 33 heavy (non-hydrogen) atoms. The number of para-hydroxylation sites is 1. The molecule has 4 rings (SSSR count). The van der Waals surface area contributed by atoms with Crippen molar-refractivity contribution in [3.8, 4) is 23.2 Å². The zero-order valence-corrected chi connectivity index (χ0v) is 19.0. The van der Waals surface area contributed by atoms with Crippen LogP contribution in [0, 0.1) is 5.82 Å². The number of nitrogens with one attached hydrogen (secondary N) is 1. The summed E-state index contributed by atoms with van der Waals surface area (Å²) in [6.07, 6.45) is 0.619. The lowest BCUT2D eigenvalue weighted by atomic mass is 10.1. The zero-order valence-electron chi connectivity index (χ0n) is 18.1. The summed E-state index contributed by atoms with van der Waals surface area (Å²) in [4.78, 5) is 0. The Balaban J connectivity index is 0.00000306. The Morgan fingerprint density at radius 1 is 0.970 bits per heavy atom. The fourth-order valence-corrected chi connectivity index (χ4v) is 3.24. The van der Waals surface area contributed by atoms with Crippen molar-refractivity contribution in [2.24, 2.45) is 0 Å². The highest BCUT2D eigenvalue weighted by Gasteiger charge is 2.14. The van der Waals surface area contributed by atoms with Gasteiger partial charge >= 0.3 is 6.01 Å². The first kappa shape index (κ1) is 24.2. The van der Waals surface area contributed by atoms with Gasteiger partial charge in [0.1, 0.15) is 5.82 Å². The lowest BCUT2D eigenvalue weighted by Gasteiger charge is -2.13. The minimum Gasteiger partial charge on any atom is -0.490 e. The maximum atomic E-state index is 13.7. The Labute approximate surface area is 198 Å². The molecule has 0 aliphatic rings. The van der Waals surface area contributed by atoms with E-state index in [1.807, 2.05) is 61.5 Å². The highest BCUT2D eigenvalue weighted by Crippen LogP contribution is 2.32. The number of halogens is 2. The third kappa shape index (κ3) is 6.27. The van der Waals surface area contributed by atoms with Crippen LogP contribution in [0.5, 0.6) is 17.5 Å². The van der Waals surface area contributed by atoms with Crippen molar-refractivity contribution in [2.45, 2.75) is 19.9 Å². The number of hydrogen-bond donors (Lipinski definition) is 1. The van der Waals surface area contributed by atoms with Crippen LogP contribution in [-0.4, -0.2) is 33.4 Å². The first-order valence-corrected chi connectivity index (χ1v) is 10.5. The van der Waals surface area contributed by atoms with E-state index in [0.29, 0.717) is 43.2 Å². The second-order valence-electron chi connectivity index (χ2n) is 7.04. The van der Waals surface area contributed by atoms with E-state index in [4.69, 9.17) is 9.47 Å². The van der Waals surface area contributed by atoms with Crippen LogP contribution in [0.3, 0.4) is 0 Å². The van der Waals surface area contributed by atoms with Crippen molar-refractivity contribution in [2.75, 3.05) is 13.2 Å². The molecule has 0 amide bonds. The maximum Gasteiger partial charge on any atom is 0.346 e. The molecular weight excluding hydrogens is 445 g/mol. The first-order valence-electron chi connectivity index (χ1n) is 10.5. The fourth-order valence-electron chi connectivity index (χ4n) is 3.24. The molecule has 0 bridgehead atoms. The molecule has 1 N–H and O–H groups in total. The topological polar surface area (TPSA) is 74.1 Å². The molecule has 9 heteroatoms. The molecule has 0 fully saturated rings. The van der Waals surface area contributed by atoms with Gasteiger partial charge in [-0.05, 0) is 71.8 Å². The van der Waals surface area contributed by atoms with E-state index in [-0.39, 0.29) is 24.2 Å². The second kappa shape index (κ2) is 11.9. The van der Waals surface area contributed by atoms with Crippen LogP contribution >= 0.6 is 12.4 Å². The van der Waals surface area contributed by atoms with Crippen molar-refractivity contribution >= 4 is 12.4 Å². The van der Waals surface area contributed by atoms with Gasteiger partial charge in [-0.15, -0.1) is 12.4 Å². The van der Waals surface area contributed by atoms with Gasteiger partial charge in [-0.2, -0.15) is 4.68 Å². The highest BCUT2D eigenvalue weighted by atomic mass is 35.5. The third-order valence-electron chi connectivity index (χ3n) is 4.81. The summed E-state index contributed by atoms with van der Waals surface area (Å²) in [5, 5.41) is 15.1. The molecule has 0 atom stereocenters. The standard InChI is InChI=1S/C24H24FN5O2.ClH/c1-2-31-23-16-18(17-26-15-14-19-8-6-7-11-21(19)25)12-13-22(23)32-24-27-28-29-30(24)20-9-4-3-5-10-20;/h3-13,16,26H,2,14-15,17H2,1H3;1H. The van der Waals surface area contributed by atoms with E-state index in [0.717, 1.165) is 11.3 Å². The molecule has 4 aromatic rings. The van der Waals surface area contributed by atoms with Crippen molar-refractivity contribution in [1.29, 1.82) is 0 Å². The molecule has 0 radical (unpaired) electrons. The summed E-state index contributed by atoms with van der Waals surface area (Å²) < 4.78 is 27.0. The van der Waals surface area contributed by atoms with E-state index in [9.17, 15) is 4.39 Å². The zero-order chi connectivity index (χ0) is 22.2. The number of tetrazole rings is 1. The Morgan fingerprint density at radius 2 is 1.76 bits per heavy atom. The Hall–Kier alpha value is -3.49. The summed E-state index contributed by atoms with van der Waals surface area (Å²) in [5.74, 6) is 0.949. The maximum absolute atomic E-state index is 13.7. The van der Waals surface area contributed by atoms with Gasteiger partial charge in [0.05, 0.1) is 12.3 Å². The van der Waals surface area contributed by atoms with Crippen LogP contribution in [0.2, 0.25) is 0 Å². The number of aromatic nitrogens is 4. The van der Waals surface area contributed by atoms with Gasteiger partial charge in [0, 0.05) is 6.54 Å². The lowest BCUT2D eigenvalue weighted by Crippen LogP contribution is -2.17. The predicted molar refractivity (Wildman–Crippen MR) is 126 cm³/mol. The molecule has 0 unspecified atom stereocenters. The fraction of sp³-hybridized carbons (Fsp3) is 0.208. The number of benzene rings is 3. The molecule has 0 aliphatic carbocycles. The van der Waals surface area contributed by atoms with Crippen molar-refractivity contribution in [3.63, 3.8) is 0 Å². The van der Waals surface area contributed by atoms with Gasteiger partial charge in [0.25, 0.3) is 0 Å². The van der Waals surface area contributed by atoms with Crippen LogP contribution in [0.4, 0.5) is 4.39 Å². The van der Waals surface area contributed by atoms with Gasteiger partial charge < -0.3 is 14.8 Å². The van der Waals surface area contributed by atoms with Crippen LogP contribution in [0.25, 0.3) is 5.69 Å². The van der Waals surface area contributed by atoms with Crippen LogP contribution in [-0.2, 0) is 13.0 Å². The number of ether oxygens (including phenoxy) is 2. The molecular formula is C24H25ClFN5O2. The van der Waals surface area contributed by atoms with Gasteiger partial charge in [-0.3, -0.25) is 0 Å². The summed E-state index contributed by atoms with van der Waals surface area (Å²) >= 11 is 0. The quantitative estimate of drug-likeness (QED) is 0.338. The number of nitrogens with zero attached hydrogens (tertiary/aromatic N) is 4. The molecule has 0 spiro atoms.